The number of carboxylic acid groups (broad SMARTS) is 1. The van der Waals surface area contributed by atoms with Gasteiger partial charge in [-0.1, -0.05) is 11.6 Å². The molecule has 2 aromatic heterocycles. The summed E-state index contributed by atoms with van der Waals surface area (Å²) in [5, 5.41) is 23.8. The fraction of sp³-hybridized carbons (Fsp3) is 0.379. The first kappa shape index (κ1) is 26.0. The molecule has 1 aliphatic carbocycles. The van der Waals surface area contributed by atoms with Gasteiger partial charge in [-0.3, -0.25) is 9.69 Å². The second kappa shape index (κ2) is 10.1. The van der Waals surface area contributed by atoms with Crippen LogP contribution in [-0.2, 0) is 6.54 Å². The highest BCUT2D eigenvalue weighted by atomic mass is 19.1. The van der Waals surface area contributed by atoms with E-state index < -0.39 is 17.2 Å². The molecule has 2 aliphatic rings. The second-order valence-electron chi connectivity index (χ2n) is 10.8. The number of rotatable bonds is 8. The van der Waals surface area contributed by atoms with Gasteiger partial charge in [0.15, 0.2) is 5.69 Å². The van der Waals surface area contributed by atoms with Crippen LogP contribution in [0.1, 0.15) is 41.2 Å². The lowest BCUT2D eigenvalue weighted by atomic mass is 10.1. The van der Waals surface area contributed by atoms with E-state index in [2.05, 4.69) is 10.1 Å². The molecule has 11 heteroatoms. The number of aromatic nitrogens is 2. The zero-order valence-electron chi connectivity index (χ0n) is 22.1. The summed E-state index contributed by atoms with van der Waals surface area (Å²) in [4.78, 5) is 39.9. The number of nitroso groups, excluding NO2 is 1. The number of carboxylic acids is 1. The summed E-state index contributed by atoms with van der Waals surface area (Å²) in [7, 11) is 0. The van der Waals surface area contributed by atoms with Crippen molar-refractivity contribution in [2.45, 2.75) is 38.8 Å². The van der Waals surface area contributed by atoms with Gasteiger partial charge in [-0.05, 0) is 62.2 Å². The molecule has 0 amide bonds. The normalized spacial score (nSPS) is 16.2. The molecule has 0 radical (unpaired) electrons. The standard InChI is InChI=1S/C29H30FN5O5/c1-17-3-6-23-19(13-17)26(31-40)28(37)34(23)8-2-7-32-9-11-33(12-10-32)25-15-24-20(14-22(25)30)27(36)21(29(38)39)16-35(24)18-4-5-18/h3,6,13-16,18,37H,2,4-5,7-12H2,1H3,(H,38,39). The topological polar surface area (TPSA) is 120 Å². The molecule has 0 bridgehead atoms. The van der Waals surface area contributed by atoms with Crippen molar-refractivity contribution in [3.63, 3.8) is 0 Å². The molecule has 4 aromatic rings. The molecule has 3 heterocycles. The zero-order valence-corrected chi connectivity index (χ0v) is 22.1. The van der Waals surface area contributed by atoms with Crippen molar-refractivity contribution in [1.29, 1.82) is 0 Å². The number of aromatic hydroxyl groups is 1. The first-order chi connectivity index (χ1) is 19.3. The fourth-order valence-electron chi connectivity index (χ4n) is 5.83. The van der Waals surface area contributed by atoms with Gasteiger partial charge in [-0.2, -0.15) is 0 Å². The Hall–Kier alpha value is -4.25. The average molecular weight is 548 g/mol. The Bertz CT molecular complexity index is 1720. The molecule has 0 atom stereocenters. The number of halogens is 1. The Morgan fingerprint density at radius 1 is 1.05 bits per heavy atom. The third-order valence-corrected chi connectivity index (χ3v) is 8.10. The highest BCUT2D eigenvalue weighted by molar-refractivity contribution is 5.95. The maximum absolute atomic E-state index is 15.3. The first-order valence-corrected chi connectivity index (χ1v) is 13.5. The summed E-state index contributed by atoms with van der Waals surface area (Å²) in [5.41, 5.74) is 1.80. The molecule has 2 aromatic carbocycles. The fourth-order valence-corrected chi connectivity index (χ4v) is 5.83. The third-order valence-electron chi connectivity index (χ3n) is 8.10. The lowest BCUT2D eigenvalue weighted by Gasteiger charge is -2.36. The van der Waals surface area contributed by atoms with E-state index in [1.807, 2.05) is 34.6 Å². The minimum Gasteiger partial charge on any atom is -0.493 e. The van der Waals surface area contributed by atoms with Crippen molar-refractivity contribution in [3.8, 4) is 5.88 Å². The third kappa shape index (κ3) is 4.49. The van der Waals surface area contributed by atoms with E-state index in [1.54, 1.807) is 10.6 Å². The molecule has 1 saturated heterocycles. The van der Waals surface area contributed by atoms with Crippen LogP contribution in [0.15, 0.2) is 46.5 Å². The Kier molecular flexibility index (Phi) is 6.53. The SMILES string of the molecule is Cc1ccc2c(c1)c(N=O)c(O)n2CCCN1CCN(c2cc3c(cc2F)c(=O)c(C(=O)O)cn3C2CC2)CC1. The molecule has 208 valence electrons. The van der Waals surface area contributed by atoms with Gasteiger partial charge in [0.2, 0.25) is 11.3 Å². The van der Waals surface area contributed by atoms with Gasteiger partial charge < -0.3 is 24.2 Å². The number of pyridine rings is 1. The molecule has 2 fully saturated rings. The highest BCUT2D eigenvalue weighted by Gasteiger charge is 2.28. The molecular formula is C29H30FN5O5. The van der Waals surface area contributed by atoms with E-state index in [4.69, 9.17) is 0 Å². The monoisotopic (exact) mass is 547 g/mol. The van der Waals surface area contributed by atoms with Gasteiger partial charge in [0, 0.05) is 55.7 Å². The van der Waals surface area contributed by atoms with Crippen LogP contribution in [0.4, 0.5) is 15.8 Å². The van der Waals surface area contributed by atoms with E-state index in [1.165, 1.54) is 12.3 Å². The number of piperazine rings is 1. The predicted molar refractivity (Wildman–Crippen MR) is 150 cm³/mol. The van der Waals surface area contributed by atoms with Gasteiger partial charge >= 0.3 is 5.97 Å². The van der Waals surface area contributed by atoms with Crippen LogP contribution in [0.2, 0.25) is 0 Å². The highest BCUT2D eigenvalue weighted by Crippen LogP contribution is 2.40. The van der Waals surface area contributed by atoms with E-state index >= 15 is 4.39 Å². The minimum atomic E-state index is -1.31. The van der Waals surface area contributed by atoms with Crippen molar-refractivity contribution in [3.05, 3.63) is 68.6 Å². The van der Waals surface area contributed by atoms with Crippen LogP contribution in [-0.4, -0.2) is 62.9 Å². The quantitative estimate of drug-likeness (QED) is 0.305. The van der Waals surface area contributed by atoms with Gasteiger partial charge in [0.05, 0.1) is 16.7 Å². The van der Waals surface area contributed by atoms with Crippen LogP contribution in [0.5, 0.6) is 5.88 Å². The number of hydrogen-bond donors (Lipinski definition) is 2. The minimum absolute atomic E-state index is 0.0658. The Labute approximate surface area is 228 Å². The first-order valence-electron chi connectivity index (χ1n) is 13.5. The summed E-state index contributed by atoms with van der Waals surface area (Å²) in [6, 6.07) is 8.67. The van der Waals surface area contributed by atoms with E-state index in [0.717, 1.165) is 36.9 Å². The molecule has 40 heavy (non-hydrogen) atoms. The van der Waals surface area contributed by atoms with Crippen molar-refractivity contribution in [2.75, 3.05) is 37.6 Å². The van der Waals surface area contributed by atoms with Gasteiger partial charge in [0.25, 0.3) is 0 Å². The molecular weight excluding hydrogens is 517 g/mol. The van der Waals surface area contributed by atoms with Crippen molar-refractivity contribution >= 4 is 39.1 Å². The van der Waals surface area contributed by atoms with Crippen LogP contribution >= 0.6 is 0 Å². The lowest BCUT2D eigenvalue weighted by Crippen LogP contribution is -2.47. The molecule has 10 nitrogen and oxygen atoms in total. The number of anilines is 1. The number of nitrogens with zero attached hydrogens (tertiary/aromatic N) is 5. The number of hydrogen-bond acceptors (Lipinski definition) is 7. The van der Waals surface area contributed by atoms with Crippen LogP contribution < -0.4 is 10.3 Å². The van der Waals surface area contributed by atoms with E-state index in [-0.39, 0.29) is 28.6 Å². The summed E-state index contributed by atoms with van der Waals surface area (Å²) in [6.45, 7) is 5.83. The molecule has 1 aliphatic heterocycles. The summed E-state index contributed by atoms with van der Waals surface area (Å²) in [5.74, 6) is -1.96. The maximum Gasteiger partial charge on any atom is 0.341 e. The smallest absolute Gasteiger partial charge is 0.341 e. The number of fused-ring (bicyclic) bond motifs is 2. The van der Waals surface area contributed by atoms with Crippen molar-refractivity contribution in [2.24, 2.45) is 5.18 Å². The molecule has 6 rings (SSSR count). The largest absolute Gasteiger partial charge is 0.493 e. The summed E-state index contributed by atoms with van der Waals surface area (Å²) < 4.78 is 18.8. The summed E-state index contributed by atoms with van der Waals surface area (Å²) >= 11 is 0. The number of aryl methyl sites for hydroxylation is 2. The Morgan fingerprint density at radius 2 is 1.80 bits per heavy atom. The average Bonchev–Trinajstić information content (AvgIpc) is 3.74. The Morgan fingerprint density at radius 3 is 2.48 bits per heavy atom. The zero-order chi connectivity index (χ0) is 28.1. The maximum atomic E-state index is 15.3. The van der Waals surface area contributed by atoms with Crippen LogP contribution in [0.3, 0.4) is 0 Å². The van der Waals surface area contributed by atoms with Crippen molar-refractivity contribution < 1.29 is 19.4 Å². The van der Waals surface area contributed by atoms with Crippen molar-refractivity contribution in [1.82, 2.24) is 14.0 Å². The van der Waals surface area contributed by atoms with E-state index in [9.17, 15) is 24.7 Å². The lowest BCUT2D eigenvalue weighted by molar-refractivity contribution is 0.0695. The van der Waals surface area contributed by atoms with E-state index in [0.29, 0.717) is 49.3 Å². The Balaban J connectivity index is 1.15. The summed E-state index contributed by atoms with van der Waals surface area (Å²) in [6.07, 6.45) is 3.93. The molecule has 0 spiro atoms. The van der Waals surface area contributed by atoms with Gasteiger partial charge in [0.1, 0.15) is 11.4 Å². The molecule has 0 unspecified atom stereocenters. The predicted octanol–water partition coefficient (Wildman–Crippen LogP) is 4.75. The van der Waals surface area contributed by atoms with Crippen LogP contribution in [0.25, 0.3) is 21.8 Å². The number of carbonyl (C=O) groups is 1. The second-order valence-corrected chi connectivity index (χ2v) is 10.8. The molecule has 2 N–H and O–H groups in total. The van der Waals surface area contributed by atoms with Gasteiger partial charge in [-0.15, -0.1) is 4.91 Å². The van der Waals surface area contributed by atoms with Gasteiger partial charge in [-0.25, -0.2) is 9.18 Å². The number of aromatic carboxylic acids is 1. The van der Waals surface area contributed by atoms with Crippen LogP contribution in [0, 0.1) is 17.6 Å². The number of benzene rings is 2. The molecule has 1 saturated carbocycles.